The van der Waals surface area contributed by atoms with Crippen LogP contribution in [0.4, 0.5) is 5.82 Å². The van der Waals surface area contributed by atoms with Crippen molar-refractivity contribution in [2.45, 2.75) is 42.7 Å². The highest BCUT2D eigenvalue weighted by molar-refractivity contribution is 7.99. The van der Waals surface area contributed by atoms with Crippen LogP contribution in [0.2, 0.25) is 0 Å². The molecule has 24 heavy (non-hydrogen) atoms. The van der Waals surface area contributed by atoms with Crippen molar-refractivity contribution in [3.05, 3.63) is 35.7 Å². The highest BCUT2D eigenvalue weighted by atomic mass is 32.2. The molecule has 2 heterocycles. The Morgan fingerprint density at radius 2 is 1.96 bits per heavy atom. The van der Waals surface area contributed by atoms with E-state index >= 15 is 0 Å². The quantitative estimate of drug-likeness (QED) is 0.434. The van der Waals surface area contributed by atoms with Crippen LogP contribution in [0, 0.1) is 0 Å². The Bertz CT molecular complexity index is 661. The first-order valence-corrected chi connectivity index (χ1v) is 10.2. The first kappa shape index (κ1) is 19.0. The molecule has 5 nitrogen and oxygen atoms in total. The molecule has 0 radical (unpaired) electrons. The summed E-state index contributed by atoms with van der Waals surface area (Å²) in [6, 6.07) is 6.06. The third-order valence-corrected chi connectivity index (χ3v) is 5.37. The minimum atomic E-state index is 0.165. The zero-order chi connectivity index (χ0) is 17.5. The van der Waals surface area contributed by atoms with E-state index in [1.54, 1.807) is 29.6 Å². The fourth-order valence-electron chi connectivity index (χ4n) is 2.32. The summed E-state index contributed by atoms with van der Waals surface area (Å²) in [5.41, 5.74) is 8.19. The summed E-state index contributed by atoms with van der Waals surface area (Å²) in [6.45, 7) is 9.54. The minimum absolute atomic E-state index is 0.165. The molecule has 2 aromatic heterocycles. The van der Waals surface area contributed by atoms with Gasteiger partial charge in [-0.2, -0.15) is 0 Å². The molecule has 0 aliphatic heterocycles. The normalized spacial score (nSPS) is 12.5. The second-order valence-corrected chi connectivity index (χ2v) is 7.56. The van der Waals surface area contributed by atoms with Gasteiger partial charge in [0, 0.05) is 18.8 Å². The maximum Gasteiger partial charge on any atom is 0.191 e. The molecule has 2 aromatic rings. The van der Waals surface area contributed by atoms with E-state index in [0.717, 1.165) is 30.4 Å². The number of nitrogen functional groups attached to an aromatic ring is 1. The van der Waals surface area contributed by atoms with E-state index in [-0.39, 0.29) is 5.25 Å². The molecule has 0 fully saturated rings. The molecular formula is C17H25N5S2. The molecule has 130 valence electrons. The SMILES string of the molecule is CCN(CC)Cc1ccnc(C(C)Sc2nc(N)cc(SC)n2)c1. The van der Waals surface area contributed by atoms with Gasteiger partial charge in [0.25, 0.3) is 0 Å². The fraction of sp³-hybridized carbons (Fsp3) is 0.471. The molecule has 0 amide bonds. The summed E-state index contributed by atoms with van der Waals surface area (Å²) in [5, 5.41) is 1.75. The summed E-state index contributed by atoms with van der Waals surface area (Å²) < 4.78 is 0. The summed E-state index contributed by atoms with van der Waals surface area (Å²) in [6.07, 6.45) is 3.87. The number of nitrogens with two attached hydrogens (primary N) is 1. The summed E-state index contributed by atoms with van der Waals surface area (Å²) >= 11 is 3.16. The predicted octanol–water partition coefficient (Wildman–Crippen LogP) is 3.87. The van der Waals surface area contributed by atoms with Crippen molar-refractivity contribution < 1.29 is 0 Å². The molecule has 2 rings (SSSR count). The topological polar surface area (TPSA) is 67.9 Å². The van der Waals surface area contributed by atoms with Crippen LogP contribution in [0.5, 0.6) is 0 Å². The van der Waals surface area contributed by atoms with Gasteiger partial charge < -0.3 is 5.73 Å². The largest absolute Gasteiger partial charge is 0.384 e. The van der Waals surface area contributed by atoms with Crippen LogP contribution in [0.25, 0.3) is 0 Å². The number of rotatable bonds is 8. The Labute approximate surface area is 152 Å². The van der Waals surface area contributed by atoms with Crippen molar-refractivity contribution in [3.63, 3.8) is 0 Å². The summed E-state index contributed by atoms with van der Waals surface area (Å²) in [7, 11) is 0. The highest BCUT2D eigenvalue weighted by Crippen LogP contribution is 2.33. The van der Waals surface area contributed by atoms with Gasteiger partial charge in [0.2, 0.25) is 0 Å². The van der Waals surface area contributed by atoms with Crippen molar-refractivity contribution in [1.29, 1.82) is 0 Å². The smallest absolute Gasteiger partial charge is 0.191 e. The molecule has 1 unspecified atom stereocenters. The molecule has 0 bridgehead atoms. The van der Waals surface area contributed by atoms with E-state index in [4.69, 9.17) is 5.73 Å². The monoisotopic (exact) mass is 363 g/mol. The van der Waals surface area contributed by atoms with Gasteiger partial charge >= 0.3 is 0 Å². The zero-order valence-electron chi connectivity index (χ0n) is 14.7. The van der Waals surface area contributed by atoms with Crippen LogP contribution in [-0.2, 0) is 6.54 Å². The van der Waals surface area contributed by atoms with Crippen LogP contribution in [0.3, 0.4) is 0 Å². The number of anilines is 1. The predicted molar refractivity (Wildman–Crippen MR) is 103 cm³/mol. The van der Waals surface area contributed by atoms with Crippen LogP contribution >= 0.6 is 23.5 Å². The lowest BCUT2D eigenvalue weighted by Crippen LogP contribution is -2.22. The Hall–Kier alpha value is -1.31. The molecular weight excluding hydrogens is 338 g/mol. The molecule has 2 N–H and O–H groups in total. The molecule has 0 spiro atoms. The minimum Gasteiger partial charge on any atom is -0.384 e. The first-order chi connectivity index (χ1) is 11.5. The van der Waals surface area contributed by atoms with Gasteiger partial charge in [-0.3, -0.25) is 9.88 Å². The van der Waals surface area contributed by atoms with E-state index < -0.39 is 0 Å². The van der Waals surface area contributed by atoms with Crippen molar-refractivity contribution in [3.8, 4) is 0 Å². The van der Waals surface area contributed by atoms with Crippen LogP contribution in [-0.4, -0.2) is 39.2 Å². The molecule has 0 aliphatic carbocycles. The van der Waals surface area contributed by atoms with E-state index in [2.05, 4.69) is 52.8 Å². The number of pyridine rings is 1. The van der Waals surface area contributed by atoms with E-state index in [9.17, 15) is 0 Å². The lowest BCUT2D eigenvalue weighted by Gasteiger charge is -2.19. The zero-order valence-corrected chi connectivity index (χ0v) is 16.3. The number of hydrogen-bond donors (Lipinski definition) is 1. The second-order valence-electron chi connectivity index (χ2n) is 5.43. The highest BCUT2D eigenvalue weighted by Gasteiger charge is 2.13. The van der Waals surface area contributed by atoms with Gasteiger partial charge in [-0.15, -0.1) is 11.8 Å². The van der Waals surface area contributed by atoms with Crippen LogP contribution in [0.1, 0.15) is 37.3 Å². The third-order valence-electron chi connectivity index (χ3n) is 3.76. The van der Waals surface area contributed by atoms with E-state index in [1.807, 2.05) is 12.5 Å². The molecule has 7 heteroatoms. The van der Waals surface area contributed by atoms with E-state index in [0.29, 0.717) is 11.0 Å². The van der Waals surface area contributed by atoms with Crippen LogP contribution < -0.4 is 5.73 Å². The Morgan fingerprint density at radius 1 is 1.21 bits per heavy atom. The van der Waals surface area contributed by atoms with Crippen molar-refractivity contribution in [2.75, 3.05) is 25.1 Å². The average Bonchev–Trinajstić information content (AvgIpc) is 2.59. The van der Waals surface area contributed by atoms with Gasteiger partial charge in [-0.25, -0.2) is 9.97 Å². The Balaban J connectivity index is 2.12. The lowest BCUT2D eigenvalue weighted by atomic mass is 10.2. The summed E-state index contributed by atoms with van der Waals surface area (Å²) in [5.74, 6) is 0.507. The maximum absolute atomic E-state index is 5.86. The third kappa shape index (κ3) is 5.36. The number of aromatic nitrogens is 3. The number of thioether (sulfide) groups is 2. The van der Waals surface area contributed by atoms with Gasteiger partial charge in [-0.1, -0.05) is 25.6 Å². The van der Waals surface area contributed by atoms with Crippen molar-refractivity contribution in [2.24, 2.45) is 0 Å². The van der Waals surface area contributed by atoms with Gasteiger partial charge in [0.05, 0.1) is 10.9 Å². The van der Waals surface area contributed by atoms with Gasteiger partial charge in [-0.05, 0) is 44.0 Å². The maximum atomic E-state index is 5.86. The van der Waals surface area contributed by atoms with Crippen molar-refractivity contribution >= 4 is 29.3 Å². The Kier molecular flexibility index (Phi) is 7.33. The van der Waals surface area contributed by atoms with Crippen LogP contribution in [0.15, 0.2) is 34.6 Å². The molecule has 0 saturated heterocycles. The second kappa shape index (κ2) is 9.25. The number of nitrogens with zero attached hydrogens (tertiary/aromatic N) is 4. The van der Waals surface area contributed by atoms with Crippen molar-refractivity contribution in [1.82, 2.24) is 19.9 Å². The first-order valence-electron chi connectivity index (χ1n) is 8.08. The van der Waals surface area contributed by atoms with Gasteiger partial charge in [0.15, 0.2) is 5.16 Å². The molecule has 0 aromatic carbocycles. The van der Waals surface area contributed by atoms with Gasteiger partial charge in [0.1, 0.15) is 10.8 Å². The Morgan fingerprint density at radius 3 is 2.62 bits per heavy atom. The number of hydrogen-bond acceptors (Lipinski definition) is 7. The molecule has 0 saturated carbocycles. The fourth-order valence-corrected chi connectivity index (χ4v) is 3.67. The molecule has 0 aliphatic rings. The summed E-state index contributed by atoms with van der Waals surface area (Å²) in [4.78, 5) is 15.8. The standard InChI is InChI=1S/C17H25N5S2/c1-5-22(6-2)11-13-7-8-19-14(9-13)12(3)24-17-20-15(18)10-16(21-17)23-4/h7-10,12H,5-6,11H2,1-4H3,(H2,18,20,21). The lowest BCUT2D eigenvalue weighted by molar-refractivity contribution is 0.295. The van der Waals surface area contributed by atoms with E-state index in [1.165, 1.54) is 5.56 Å². The average molecular weight is 364 g/mol. The molecule has 1 atom stereocenters.